The minimum atomic E-state index is 0.782. The summed E-state index contributed by atoms with van der Waals surface area (Å²) in [7, 11) is 2.03. The van der Waals surface area contributed by atoms with Gasteiger partial charge in [-0.3, -0.25) is 5.01 Å². The molecular formula is C16H19ClN4. The van der Waals surface area contributed by atoms with Gasteiger partial charge in [-0.05, 0) is 36.4 Å². The van der Waals surface area contributed by atoms with Gasteiger partial charge in [-0.2, -0.15) is 5.10 Å². The lowest BCUT2D eigenvalue weighted by molar-refractivity contribution is 0.272. The van der Waals surface area contributed by atoms with Crippen molar-refractivity contribution in [2.75, 3.05) is 31.1 Å². The zero-order chi connectivity index (χ0) is 14.7. The molecule has 1 aromatic heterocycles. The van der Waals surface area contributed by atoms with E-state index in [0.717, 1.165) is 36.9 Å². The monoisotopic (exact) mass is 302 g/mol. The minimum absolute atomic E-state index is 0.782. The van der Waals surface area contributed by atoms with Crippen LogP contribution in [0.2, 0.25) is 5.02 Å². The van der Waals surface area contributed by atoms with Gasteiger partial charge in [-0.25, -0.2) is 0 Å². The Morgan fingerprint density at radius 2 is 1.76 bits per heavy atom. The highest BCUT2D eigenvalue weighted by molar-refractivity contribution is 6.30. The maximum atomic E-state index is 5.93. The highest BCUT2D eigenvalue weighted by Gasteiger charge is 2.15. The van der Waals surface area contributed by atoms with Crippen molar-refractivity contribution in [3.05, 3.63) is 53.3 Å². The molecule has 1 aliphatic heterocycles. The van der Waals surface area contributed by atoms with Gasteiger partial charge in [0.25, 0.3) is 0 Å². The molecule has 0 radical (unpaired) electrons. The summed E-state index contributed by atoms with van der Waals surface area (Å²) < 4.78 is 2.06. The Kier molecular flexibility index (Phi) is 4.15. The summed E-state index contributed by atoms with van der Waals surface area (Å²) in [6, 6.07) is 12.1. The van der Waals surface area contributed by atoms with E-state index < -0.39 is 0 Å². The van der Waals surface area contributed by atoms with Crippen LogP contribution >= 0.6 is 11.6 Å². The minimum Gasteiger partial charge on any atom is -0.368 e. The second kappa shape index (κ2) is 6.22. The molecule has 1 aliphatic rings. The van der Waals surface area contributed by atoms with Crippen LogP contribution in [0, 0.1) is 0 Å². The third-order valence-corrected chi connectivity index (χ3v) is 4.04. The van der Waals surface area contributed by atoms with Gasteiger partial charge >= 0.3 is 0 Å². The summed E-state index contributed by atoms with van der Waals surface area (Å²) >= 11 is 5.93. The number of aromatic nitrogens is 1. The van der Waals surface area contributed by atoms with Crippen LogP contribution < -0.4 is 4.90 Å². The molecule has 0 saturated carbocycles. The van der Waals surface area contributed by atoms with Gasteiger partial charge in [0.05, 0.1) is 25.0 Å². The predicted molar refractivity (Wildman–Crippen MR) is 88.2 cm³/mol. The summed E-state index contributed by atoms with van der Waals surface area (Å²) in [6.45, 7) is 3.82. The average Bonchev–Trinajstić information content (AvgIpc) is 2.92. The molecule has 3 rings (SSSR count). The van der Waals surface area contributed by atoms with Crippen molar-refractivity contribution in [1.82, 2.24) is 9.58 Å². The fourth-order valence-corrected chi connectivity index (χ4v) is 2.60. The lowest BCUT2D eigenvalue weighted by atomic mass is 10.2. The van der Waals surface area contributed by atoms with Crippen molar-refractivity contribution in [1.29, 1.82) is 0 Å². The second-order valence-corrected chi connectivity index (χ2v) is 5.64. The molecular weight excluding hydrogens is 284 g/mol. The lowest BCUT2D eigenvalue weighted by Gasteiger charge is -2.34. The molecule has 5 heteroatoms. The standard InChI is InChI=1S/C16H19ClN4/c1-19-8-2-3-16(19)13-18-21-11-9-20(10-12-21)15-6-4-14(17)5-7-15/h2-8,13H,9-12H2,1H3/b18-13-. The van der Waals surface area contributed by atoms with Gasteiger partial charge in [-0.1, -0.05) is 11.6 Å². The quantitative estimate of drug-likeness (QED) is 0.814. The molecule has 0 N–H and O–H groups in total. The summed E-state index contributed by atoms with van der Waals surface area (Å²) in [5.41, 5.74) is 2.35. The van der Waals surface area contributed by atoms with Crippen LogP contribution in [0.4, 0.5) is 5.69 Å². The number of halogens is 1. The molecule has 0 aliphatic carbocycles. The Hall–Kier alpha value is -1.94. The third-order valence-electron chi connectivity index (χ3n) is 3.79. The van der Waals surface area contributed by atoms with E-state index in [4.69, 9.17) is 11.6 Å². The van der Waals surface area contributed by atoms with E-state index >= 15 is 0 Å². The zero-order valence-corrected chi connectivity index (χ0v) is 12.9. The molecule has 0 atom stereocenters. The van der Waals surface area contributed by atoms with Gasteiger partial charge in [0.2, 0.25) is 0 Å². The number of hydrogen-bond donors (Lipinski definition) is 0. The first kappa shape index (κ1) is 14.0. The van der Waals surface area contributed by atoms with E-state index in [2.05, 4.69) is 37.8 Å². The Balaban J connectivity index is 1.56. The average molecular weight is 303 g/mol. The van der Waals surface area contributed by atoms with E-state index in [1.54, 1.807) is 0 Å². The molecule has 0 spiro atoms. The van der Waals surface area contributed by atoms with Crippen molar-refractivity contribution in [3.63, 3.8) is 0 Å². The van der Waals surface area contributed by atoms with Crippen molar-refractivity contribution in [2.45, 2.75) is 0 Å². The fourth-order valence-electron chi connectivity index (χ4n) is 2.47. The fraction of sp³-hybridized carbons (Fsp3) is 0.312. The Bertz CT molecular complexity index is 609. The van der Waals surface area contributed by atoms with Gasteiger partial charge in [0, 0.05) is 37.0 Å². The van der Waals surface area contributed by atoms with Crippen LogP contribution in [0.3, 0.4) is 0 Å². The summed E-state index contributed by atoms with van der Waals surface area (Å²) in [5, 5.41) is 7.47. The van der Waals surface area contributed by atoms with E-state index in [0.29, 0.717) is 0 Å². The zero-order valence-electron chi connectivity index (χ0n) is 12.1. The predicted octanol–water partition coefficient (Wildman–Crippen LogP) is 2.83. The van der Waals surface area contributed by atoms with Crippen LogP contribution in [0.25, 0.3) is 0 Å². The Morgan fingerprint density at radius 1 is 1.05 bits per heavy atom. The molecule has 1 saturated heterocycles. The maximum absolute atomic E-state index is 5.93. The summed E-state index contributed by atoms with van der Waals surface area (Å²) in [5.74, 6) is 0. The Labute approximate surface area is 130 Å². The first-order valence-electron chi connectivity index (χ1n) is 7.13. The lowest BCUT2D eigenvalue weighted by Crippen LogP contribution is -2.44. The molecule has 21 heavy (non-hydrogen) atoms. The number of benzene rings is 1. The van der Waals surface area contributed by atoms with Crippen LogP contribution in [0.1, 0.15) is 5.69 Å². The molecule has 1 fully saturated rings. The van der Waals surface area contributed by atoms with Crippen LogP contribution in [-0.2, 0) is 7.05 Å². The van der Waals surface area contributed by atoms with Crippen molar-refractivity contribution in [2.24, 2.45) is 12.1 Å². The molecule has 0 bridgehead atoms. The second-order valence-electron chi connectivity index (χ2n) is 5.21. The van der Waals surface area contributed by atoms with Gasteiger partial charge < -0.3 is 9.47 Å². The third kappa shape index (κ3) is 3.39. The molecule has 2 aromatic rings. The maximum Gasteiger partial charge on any atom is 0.0707 e. The molecule has 0 unspecified atom stereocenters. The molecule has 1 aromatic carbocycles. The number of aryl methyl sites for hydroxylation is 1. The van der Waals surface area contributed by atoms with Gasteiger partial charge in [0.15, 0.2) is 0 Å². The first-order chi connectivity index (χ1) is 10.2. The van der Waals surface area contributed by atoms with Crippen LogP contribution in [0.15, 0.2) is 47.7 Å². The molecule has 4 nitrogen and oxygen atoms in total. The molecule has 2 heterocycles. The van der Waals surface area contributed by atoms with Crippen LogP contribution in [0.5, 0.6) is 0 Å². The highest BCUT2D eigenvalue weighted by Crippen LogP contribution is 2.19. The van der Waals surface area contributed by atoms with Crippen LogP contribution in [-0.4, -0.2) is 42.0 Å². The van der Waals surface area contributed by atoms with Gasteiger partial charge in [0.1, 0.15) is 0 Å². The van der Waals surface area contributed by atoms with E-state index in [-0.39, 0.29) is 0 Å². The number of anilines is 1. The number of piperazine rings is 1. The van der Waals surface area contributed by atoms with E-state index in [1.807, 2.05) is 37.7 Å². The Morgan fingerprint density at radius 3 is 2.38 bits per heavy atom. The topological polar surface area (TPSA) is 23.8 Å². The normalized spacial score (nSPS) is 15.9. The number of hydrogen-bond acceptors (Lipinski definition) is 3. The largest absolute Gasteiger partial charge is 0.368 e. The van der Waals surface area contributed by atoms with E-state index in [1.165, 1.54) is 5.69 Å². The summed E-state index contributed by atoms with van der Waals surface area (Å²) in [4.78, 5) is 2.37. The number of rotatable bonds is 3. The smallest absolute Gasteiger partial charge is 0.0707 e. The molecule has 110 valence electrons. The number of hydrazone groups is 1. The van der Waals surface area contributed by atoms with Crippen molar-refractivity contribution < 1.29 is 0 Å². The first-order valence-corrected chi connectivity index (χ1v) is 7.51. The van der Waals surface area contributed by atoms with Gasteiger partial charge in [-0.15, -0.1) is 0 Å². The van der Waals surface area contributed by atoms with E-state index in [9.17, 15) is 0 Å². The SMILES string of the molecule is Cn1cccc1/C=N\N1CCN(c2ccc(Cl)cc2)CC1. The highest BCUT2D eigenvalue weighted by atomic mass is 35.5. The number of nitrogens with zero attached hydrogens (tertiary/aromatic N) is 4. The van der Waals surface area contributed by atoms with Crippen molar-refractivity contribution >= 4 is 23.5 Å². The molecule has 0 amide bonds. The summed E-state index contributed by atoms with van der Waals surface area (Å²) in [6.07, 6.45) is 3.96. The van der Waals surface area contributed by atoms with Crippen molar-refractivity contribution in [3.8, 4) is 0 Å².